The van der Waals surface area contributed by atoms with Gasteiger partial charge in [0.15, 0.2) is 5.82 Å². The fourth-order valence-electron chi connectivity index (χ4n) is 5.22. The Morgan fingerprint density at radius 2 is 1.93 bits per heavy atom. The predicted molar refractivity (Wildman–Crippen MR) is 168 cm³/mol. The van der Waals surface area contributed by atoms with Gasteiger partial charge in [-0.25, -0.2) is 14.5 Å². The van der Waals surface area contributed by atoms with Crippen molar-refractivity contribution in [1.29, 1.82) is 0 Å². The third kappa shape index (κ3) is 6.17. The highest BCUT2D eigenvalue weighted by molar-refractivity contribution is 8.01. The summed E-state index contributed by atoms with van der Waals surface area (Å²) in [4.78, 5) is 61.1. The van der Waals surface area contributed by atoms with Crippen molar-refractivity contribution in [1.82, 2.24) is 40.5 Å². The molecule has 3 atom stereocenters. The van der Waals surface area contributed by atoms with Crippen molar-refractivity contribution in [2.75, 3.05) is 11.5 Å². The number of fused-ring (bicyclic) bond motifs is 2. The molecule has 6 rings (SSSR count). The monoisotopic (exact) mass is 646 g/mol. The van der Waals surface area contributed by atoms with E-state index in [4.69, 9.17) is 0 Å². The number of hydrogen-bond donors (Lipinski definition) is 4. The third-order valence-electron chi connectivity index (χ3n) is 7.52. The molecule has 2 aliphatic rings. The summed E-state index contributed by atoms with van der Waals surface area (Å²) in [6.45, 7) is 2.80. The molecule has 0 saturated carbocycles. The van der Waals surface area contributed by atoms with E-state index in [1.807, 2.05) is 12.1 Å². The Bertz CT molecular complexity index is 1760. The zero-order valence-electron chi connectivity index (χ0n) is 24.2. The quantitative estimate of drug-likeness (QED) is 0.132. The molecule has 3 amide bonds. The number of β-lactam (4-membered cyclic amide) rings is 1. The predicted octanol–water partition coefficient (Wildman–Crippen LogP) is 2.96. The Balaban J connectivity index is 1.16. The number of benzene rings is 2. The molecule has 13 nitrogen and oxygen atoms in total. The van der Waals surface area contributed by atoms with Crippen molar-refractivity contribution in [3.63, 3.8) is 0 Å². The molecule has 0 aliphatic carbocycles. The molecule has 2 aromatic heterocycles. The molecule has 4 N–H and O–H groups in total. The lowest BCUT2D eigenvalue weighted by atomic mass is 10.0. The van der Waals surface area contributed by atoms with Crippen molar-refractivity contribution in [2.24, 2.45) is 0 Å². The van der Waals surface area contributed by atoms with E-state index in [2.05, 4.69) is 37.8 Å². The van der Waals surface area contributed by atoms with Gasteiger partial charge in [0.05, 0.1) is 17.2 Å². The van der Waals surface area contributed by atoms with Crippen molar-refractivity contribution >= 4 is 58.2 Å². The van der Waals surface area contributed by atoms with E-state index in [1.165, 1.54) is 28.4 Å². The summed E-state index contributed by atoms with van der Waals surface area (Å²) in [7, 11) is 0. The van der Waals surface area contributed by atoms with Crippen LogP contribution < -0.4 is 10.6 Å². The number of nitrogens with one attached hydrogen (secondary N) is 3. The van der Waals surface area contributed by atoms with E-state index in [0.29, 0.717) is 33.7 Å². The van der Waals surface area contributed by atoms with Crippen LogP contribution in [0.4, 0.5) is 0 Å². The summed E-state index contributed by atoms with van der Waals surface area (Å²) in [5, 5.41) is 23.9. The Morgan fingerprint density at radius 3 is 2.69 bits per heavy atom. The van der Waals surface area contributed by atoms with E-state index in [1.54, 1.807) is 53.3 Å². The molecule has 2 unspecified atom stereocenters. The first-order valence-electron chi connectivity index (χ1n) is 14.4. The molecular weight excluding hydrogens is 617 g/mol. The van der Waals surface area contributed by atoms with Crippen LogP contribution in [0.2, 0.25) is 0 Å². The summed E-state index contributed by atoms with van der Waals surface area (Å²) in [5.74, 6) is -2.14. The number of para-hydroxylation sites is 2. The number of aliphatic carboxylic acids is 1. The number of unbranched alkanes of at least 4 members (excludes halogenated alkanes) is 1. The topological polar surface area (TPSA) is 175 Å². The van der Waals surface area contributed by atoms with Crippen LogP contribution in [-0.4, -0.2) is 81.6 Å². The number of rotatable bonds is 12. The fraction of sp³-hybridized carbons (Fsp3) is 0.300. The molecule has 45 heavy (non-hydrogen) atoms. The number of amides is 3. The number of H-pyrrole nitrogens is 1. The fourth-order valence-corrected chi connectivity index (χ4v) is 7.65. The van der Waals surface area contributed by atoms with E-state index < -0.39 is 41.1 Å². The zero-order chi connectivity index (χ0) is 31.5. The lowest BCUT2D eigenvalue weighted by Gasteiger charge is -2.49. The van der Waals surface area contributed by atoms with Crippen LogP contribution in [0.15, 0.2) is 77.1 Å². The number of imidazole rings is 1. The number of aromatic nitrogens is 5. The second-order valence-electron chi connectivity index (χ2n) is 10.5. The first kappa shape index (κ1) is 30.4. The van der Waals surface area contributed by atoms with E-state index >= 15 is 0 Å². The molecule has 2 aliphatic heterocycles. The number of hydrogen-bond acceptors (Lipinski definition) is 9. The second kappa shape index (κ2) is 13.2. The highest BCUT2D eigenvalue weighted by Crippen LogP contribution is 2.41. The summed E-state index contributed by atoms with van der Waals surface area (Å²) >= 11 is 2.81. The number of carbonyl (C=O) groups excluding carboxylic acids is 3. The first-order chi connectivity index (χ1) is 21.9. The van der Waals surface area contributed by atoms with Crippen molar-refractivity contribution < 1.29 is 24.3 Å². The summed E-state index contributed by atoms with van der Waals surface area (Å²) in [6.07, 6.45) is 3.60. The van der Waals surface area contributed by atoms with Crippen molar-refractivity contribution in [3.8, 4) is 0 Å². The van der Waals surface area contributed by atoms with Crippen LogP contribution >= 0.6 is 23.5 Å². The van der Waals surface area contributed by atoms with Gasteiger partial charge in [0.2, 0.25) is 5.91 Å². The number of thioether (sulfide) groups is 2. The molecule has 0 bridgehead atoms. The largest absolute Gasteiger partial charge is 0.477 e. The van der Waals surface area contributed by atoms with Gasteiger partial charge in [-0.05, 0) is 29.7 Å². The highest BCUT2D eigenvalue weighted by Gasteiger charge is 2.54. The standard InChI is InChI=1S/C30H30N8O5S2/c1-2-3-13-37-21(14-31-36-37)44-15-18-16-45-29-23(28(41)38(29)24(18)30(42)43)35-26(39)22(17-9-5-4-6-10-17)34-27(40)25-32-19-11-7-8-12-20(19)33-25/h4-12,14,22-23,29H,2-3,13,15-16H2,1H3,(H,32,33)(H,34,40)(H,35,39)(H,42,43)/t22?,23?,29-/m0/s1. The minimum absolute atomic E-state index is 0.0458. The number of carboxylic acids is 1. The highest BCUT2D eigenvalue weighted by atomic mass is 32.2. The van der Waals surface area contributed by atoms with E-state index in [9.17, 15) is 24.3 Å². The van der Waals surface area contributed by atoms with Crippen molar-refractivity contribution in [2.45, 2.75) is 48.8 Å². The molecule has 1 saturated heterocycles. The Kier molecular flexibility index (Phi) is 8.89. The normalized spacial score (nSPS) is 18.3. The molecule has 15 heteroatoms. The number of carboxylic acid groups (broad SMARTS) is 1. The zero-order valence-corrected chi connectivity index (χ0v) is 25.8. The van der Waals surface area contributed by atoms with Gasteiger partial charge >= 0.3 is 5.97 Å². The molecular formula is C30H30N8O5S2. The second-order valence-corrected chi connectivity index (χ2v) is 12.6. The summed E-state index contributed by atoms with van der Waals surface area (Å²) in [6, 6.07) is 13.8. The summed E-state index contributed by atoms with van der Waals surface area (Å²) < 4.78 is 1.80. The van der Waals surface area contributed by atoms with Gasteiger partial charge in [0.1, 0.15) is 28.2 Å². The molecule has 1 fully saturated rings. The van der Waals surface area contributed by atoms with Gasteiger partial charge in [0, 0.05) is 18.1 Å². The smallest absolute Gasteiger partial charge is 0.352 e. The lowest BCUT2D eigenvalue weighted by molar-refractivity contribution is -0.151. The van der Waals surface area contributed by atoms with Crippen LogP contribution in [0.5, 0.6) is 0 Å². The molecule has 0 spiro atoms. The van der Waals surface area contributed by atoms with Gasteiger partial charge < -0.3 is 20.7 Å². The lowest BCUT2D eigenvalue weighted by Crippen LogP contribution is -2.71. The number of aromatic amines is 1. The Labute approximate surface area is 266 Å². The van der Waals surface area contributed by atoms with E-state index in [-0.39, 0.29) is 11.5 Å². The first-order valence-corrected chi connectivity index (χ1v) is 16.4. The number of nitrogens with zero attached hydrogens (tertiary/aromatic N) is 5. The molecule has 4 heterocycles. The number of aryl methyl sites for hydroxylation is 1. The summed E-state index contributed by atoms with van der Waals surface area (Å²) in [5.41, 5.74) is 2.34. The minimum atomic E-state index is -1.20. The maximum atomic E-state index is 13.6. The molecule has 4 aromatic rings. The van der Waals surface area contributed by atoms with Crippen LogP contribution in [0.25, 0.3) is 11.0 Å². The van der Waals surface area contributed by atoms with E-state index in [0.717, 1.165) is 24.4 Å². The minimum Gasteiger partial charge on any atom is -0.477 e. The third-order valence-corrected chi connectivity index (χ3v) is 9.97. The van der Waals surface area contributed by atoms with Gasteiger partial charge in [-0.15, -0.1) is 28.6 Å². The van der Waals surface area contributed by atoms with Crippen LogP contribution in [0.1, 0.15) is 42.0 Å². The van der Waals surface area contributed by atoms with Crippen LogP contribution in [0.3, 0.4) is 0 Å². The maximum Gasteiger partial charge on any atom is 0.352 e. The molecule has 232 valence electrons. The van der Waals surface area contributed by atoms with Gasteiger partial charge in [-0.1, -0.05) is 61.0 Å². The maximum absolute atomic E-state index is 13.6. The van der Waals surface area contributed by atoms with Gasteiger partial charge in [-0.2, -0.15) is 0 Å². The van der Waals surface area contributed by atoms with Crippen LogP contribution in [0, 0.1) is 0 Å². The van der Waals surface area contributed by atoms with Gasteiger partial charge in [-0.3, -0.25) is 19.3 Å². The molecule has 2 aromatic carbocycles. The average molecular weight is 647 g/mol. The van der Waals surface area contributed by atoms with Crippen LogP contribution in [-0.2, 0) is 20.9 Å². The SMILES string of the molecule is CCCCn1nncc1SCC1=C(C(=O)O)N2C(=O)C(NC(=O)C(NC(=O)c3nc4ccccc4[nH]3)c3ccccc3)[C@@H]2SC1. The number of carbonyl (C=O) groups is 4. The average Bonchev–Trinajstić information content (AvgIpc) is 3.70. The molecule has 0 radical (unpaired) electrons. The van der Waals surface area contributed by atoms with Crippen molar-refractivity contribution in [3.05, 3.63) is 83.5 Å². The van der Waals surface area contributed by atoms with Gasteiger partial charge in [0.25, 0.3) is 11.8 Å². The Morgan fingerprint density at radius 1 is 1.16 bits per heavy atom. The Hall–Kier alpha value is -4.63.